The van der Waals surface area contributed by atoms with Crippen LogP contribution in [0, 0.1) is 0 Å². The number of carbonyl (C=O) groups excluding carboxylic acids is 2. The first-order chi connectivity index (χ1) is 10.3. The molecule has 1 aliphatic heterocycles. The molecule has 120 valence electrons. The Bertz CT molecular complexity index is 578. The predicted molar refractivity (Wildman–Crippen MR) is 82.8 cm³/mol. The first-order valence-corrected chi connectivity index (χ1v) is 7.25. The minimum absolute atomic E-state index is 0.338. The van der Waals surface area contributed by atoms with Crippen LogP contribution >= 0.6 is 0 Å². The first kappa shape index (κ1) is 16.3. The van der Waals surface area contributed by atoms with Gasteiger partial charge in [-0.3, -0.25) is 5.32 Å². The molecule has 2 N–H and O–H groups in total. The van der Waals surface area contributed by atoms with Crippen molar-refractivity contribution >= 4 is 17.7 Å². The average molecular weight is 306 g/mol. The normalized spacial score (nSPS) is 17.4. The van der Waals surface area contributed by atoms with Crippen molar-refractivity contribution in [3.05, 3.63) is 29.3 Å². The molecule has 0 saturated carbocycles. The lowest BCUT2D eigenvalue weighted by Gasteiger charge is -2.27. The molecule has 1 amide bonds. The molecule has 1 atom stereocenters. The molecule has 1 aromatic carbocycles. The number of hydrogen-bond donors (Lipinski definition) is 2. The van der Waals surface area contributed by atoms with Gasteiger partial charge in [0.1, 0.15) is 11.6 Å². The highest BCUT2D eigenvalue weighted by Gasteiger charge is 2.28. The molecule has 2 rings (SSSR count). The molecule has 22 heavy (non-hydrogen) atoms. The van der Waals surface area contributed by atoms with Crippen LogP contribution in [0.5, 0.6) is 0 Å². The Labute approximate surface area is 130 Å². The monoisotopic (exact) mass is 306 g/mol. The Balaban J connectivity index is 2.25. The number of ether oxygens (including phenoxy) is 2. The van der Waals surface area contributed by atoms with Gasteiger partial charge in [-0.25, -0.2) is 9.59 Å². The summed E-state index contributed by atoms with van der Waals surface area (Å²) in [5.74, 6) is -0.338. The van der Waals surface area contributed by atoms with Crippen molar-refractivity contribution < 1.29 is 19.1 Å². The SMILES string of the molecule is COC(=O)C1NCCc2c(NC(=O)OC(C)(C)C)cccc21. The van der Waals surface area contributed by atoms with Crippen molar-refractivity contribution in [1.29, 1.82) is 0 Å². The number of esters is 1. The number of amides is 1. The van der Waals surface area contributed by atoms with E-state index in [0.717, 1.165) is 17.5 Å². The smallest absolute Gasteiger partial charge is 0.412 e. The van der Waals surface area contributed by atoms with Crippen LogP contribution in [0.4, 0.5) is 10.5 Å². The van der Waals surface area contributed by atoms with Gasteiger partial charge in [-0.2, -0.15) is 0 Å². The summed E-state index contributed by atoms with van der Waals surface area (Å²) in [6.45, 7) is 6.07. The number of benzene rings is 1. The van der Waals surface area contributed by atoms with Crippen molar-refractivity contribution in [1.82, 2.24) is 5.32 Å². The third-order valence-electron chi connectivity index (χ3n) is 3.32. The number of nitrogens with one attached hydrogen (secondary N) is 2. The van der Waals surface area contributed by atoms with Crippen molar-refractivity contribution in [2.45, 2.75) is 38.8 Å². The minimum atomic E-state index is -0.560. The molecule has 0 fully saturated rings. The molecule has 0 radical (unpaired) electrons. The van der Waals surface area contributed by atoms with Crippen molar-refractivity contribution in [2.24, 2.45) is 0 Å². The summed E-state index contributed by atoms with van der Waals surface area (Å²) in [7, 11) is 1.36. The maximum absolute atomic E-state index is 11.9. The zero-order valence-electron chi connectivity index (χ0n) is 13.4. The van der Waals surface area contributed by atoms with Gasteiger partial charge in [0.2, 0.25) is 0 Å². The Hall–Kier alpha value is -2.08. The van der Waals surface area contributed by atoms with Crippen LogP contribution in [0.15, 0.2) is 18.2 Å². The highest BCUT2D eigenvalue weighted by Crippen LogP contribution is 2.30. The van der Waals surface area contributed by atoms with E-state index in [-0.39, 0.29) is 5.97 Å². The van der Waals surface area contributed by atoms with E-state index in [2.05, 4.69) is 10.6 Å². The van der Waals surface area contributed by atoms with E-state index in [1.54, 1.807) is 6.07 Å². The maximum Gasteiger partial charge on any atom is 0.412 e. The van der Waals surface area contributed by atoms with Crippen LogP contribution in [0.1, 0.15) is 37.9 Å². The molecule has 6 nitrogen and oxygen atoms in total. The Morgan fingerprint density at radius 1 is 1.32 bits per heavy atom. The number of fused-ring (bicyclic) bond motifs is 1. The van der Waals surface area contributed by atoms with Crippen LogP contribution in [-0.2, 0) is 20.7 Å². The quantitative estimate of drug-likeness (QED) is 0.820. The van der Waals surface area contributed by atoms with Crippen LogP contribution < -0.4 is 10.6 Å². The summed E-state index contributed by atoms with van der Waals surface area (Å²) in [5, 5.41) is 5.89. The summed E-state index contributed by atoms with van der Waals surface area (Å²) in [6.07, 6.45) is 0.212. The molecule has 0 saturated heterocycles. The second-order valence-corrected chi connectivity index (χ2v) is 6.16. The van der Waals surface area contributed by atoms with Crippen molar-refractivity contribution in [3.63, 3.8) is 0 Å². The third-order valence-corrected chi connectivity index (χ3v) is 3.32. The molecule has 1 unspecified atom stereocenters. The van der Waals surface area contributed by atoms with Crippen molar-refractivity contribution in [3.8, 4) is 0 Å². The molecular weight excluding hydrogens is 284 g/mol. The first-order valence-electron chi connectivity index (χ1n) is 7.25. The fraction of sp³-hybridized carbons (Fsp3) is 0.500. The Kier molecular flexibility index (Phi) is 4.71. The van der Waals surface area contributed by atoms with E-state index in [1.165, 1.54) is 7.11 Å². The summed E-state index contributed by atoms with van der Waals surface area (Å²) in [4.78, 5) is 23.8. The molecule has 1 aliphatic rings. The molecule has 1 heterocycles. The minimum Gasteiger partial charge on any atom is -0.468 e. The van der Waals surface area contributed by atoms with E-state index in [0.29, 0.717) is 12.2 Å². The van der Waals surface area contributed by atoms with Crippen molar-refractivity contribution in [2.75, 3.05) is 19.0 Å². The highest BCUT2D eigenvalue weighted by atomic mass is 16.6. The summed E-state index contributed by atoms with van der Waals surface area (Å²) < 4.78 is 10.1. The largest absolute Gasteiger partial charge is 0.468 e. The third kappa shape index (κ3) is 3.76. The van der Waals surface area contributed by atoms with E-state index in [1.807, 2.05) is 32.9 Å². The molecule has 0 spiro atoms. The fourth-order valence-electron chi connectivity index (χ4n) is 2.46. The van der Waals surface area contributed by atoms with Crippen LogP contribution in [0.2, 0.25) is 0 Å². The summed E-state index contributed by atoms with van der Waals surface area (Å²) in [5.41, 5.74) is 1.87. The standard InChI is InChI=1S/C16H22N2O4/c1-16(2,3)22-15(20)18-12-7-5-6-11-10(12)8-9-17-13(11)14(19)21-4/h5-7,13,17H,8-9H2,1-4H3,(H,18,20). The highest BCUT2D eigenvalue weighted by molar-refractivity contribution is 5.87. The second kappa shape index (κ2) is 6.36. The number of carbonyl (C=O) groups is 2. The van der Waals surface area contributed by atoms with Crippen LogP contribution in [0.3, 0.4) is 0 Å². The Morgan fingerprint density at radius 3 is 2.68 bits per heavy atom. The van der Waals surface area contributed by atoms with Crippen LogP contribution in [-0.4, -0.2) is 31.3 Å². The van der Waals surface area contributed by atoms with Gasteiger partial charge in [-0.1, -0.05) is 12.1 Å². The number of rotatable bonds is 2. The zero-order chi connectivity index (χ0) is 16.3. The number of anilines is 1. The van der Waals surface area contributed by atoms with Gasteiger partial charge in [0, 0.05) is 12.2 Å². The fourth-order valence-corrected chi connectivity index (χ4v) is 2.46. The van der Waals surface area contributed by atoms with Gasteiger partial charge in [0.25, 0.3) is 0 Å². The summed E-state index contributed by atoms with van der Waals surface area (Å²) >= 11 is 0. The van der Waals surface area contributed by atoms with E-state index in [9.17, 15) is 9.59 Å². The lowest BCUT2D eigenvalue weighted by Crippen LogP contribution is -2.36. The van der Waals surface area contributed by atoms with Gasteiger partial charge in [0.05, 0.1) is 7.11 Å². The molecule has 6 heteroatoms. The van der Waals surface area contributed by atoms with E-state index in [4.69, 9.17) is 9.47 Å². The molecule has 0 aromatic heterocycles. The van der Waals surface area contributed by atoms with Gasteiger partial charge < -0.3 is 14.8 Å². The lowest BCUT2D eigenvalue weighted by atomic mass is 9.93. The lowest BCUT2D eigenvalue weighted by molar-refractivity contribution is -0.143. The zero-order valence-corrected chi connectivity index (χ0v) is 13.4. The predicted octanol–water partition coefficient (Wildman–Crippen LogP) is 2.39. The molecular formula is C16H22N2O4. The van der Waals surface area contributed by atoms with Gasteiger partial charge >= 0.3 is 12.1 Å². The topological polar surface area (TPSA) is 76.7 Å². The van der Waals surface area contributed by atoms with Gasteiger partial charge in [-0.05, 0) is 44.4 Å². The molecule has 0 bridgehead atoms. The maximum atomic E-state index is 11.9. The molecule has 0 aliphatic carbocycles. The van der Waals surface area contributed by atoms with Gasteiger partial charge in [0.15, 0.2) is 0 Å². The second-order valence-electron chi connectivity index (χ2n) is 6.16. The number of hydrogen-bond acceptors (Lipinski definition) is 5. The summed E-state index contributed by atoms with van der Waals surface area (Å²) in [6, 6.07) is 4.97. The average Bonchev–Trinajstić information content (AvgIpc) is 2.44. The molecule has 1 aromatic rings. The van der Waals surface area contributed by atoms with E-state index < -0.39 is 17.7 Å². The van der Waals surface area contributed by atoms with Crippen LogP contribution in [0.25, 0.3) is 0 Å². The van der Waals surface area contributed by atoms with E-state index >= 15 is 0 Å². The van der Waals surface area contributed by atoms with Gasteiger partial charge in [-0.15, -0.1) is 0 Å². The number of methoxy groups -OCH3 is 1. The Morgan fingerprint density at radius 2 is 2.05 bits per heavy atom.